The molecule has 0 saturated heterocycles. The standard InChI is InChI=1S/C25H46N2O3S/c1-5-17-14-22-20(23(3)10-6-18(28)15-21(17)23)7-11-24(4)19(8-12-25(22,24)26)16(2)9-13-31(27,29)30/h16-22,28H,5-15,26H2,1-4H3,(H2,27,29,30)/t16-,17+,18-,19-,20+,21+,22-,23-,24-,25-/m1/s1. The monoisotopic (exact) mass is 454 g/mol. The van der Waals surface area contributed by atoms with E-state index in [1.54, 1.807) is 0 Å². The van der Waals surface area contributed by atoms with Gasteiger partial charge in [0.1, 0.15) is 0 Å². The molecule has 0 aromatic rings. The lowest BCUT2D eigenvalue weighted by molar-refractivity contribution is -0.160. The van der Waals surface area contributed by atoms with Gasteiger partial charge in [-0.3, -0.25) is 0 Å². The van der Waals surface area contributed by atoms with Gasteiger partial charge in [0, 0.05) is 5.54 Å². The third kappa shape index (κ3) is 3.72. The van der Waals surface area contributed by atoms with E-state index >= 15 is 0 Å². The van der Waals surface area contributed by atoms with E-state index in [-0.39, 0.29) is 22.8 Å². The Balaban J connectivity index is 1.62. The predicted molar refractivity (Wildman–Crippen MR) is 126 cm³/mol. The molecule has 0 aromatic heterocycles. The van der Waals surface area contributed by atoms with Crippen molar-refractivity contribution in [1.82, 2.24) is 0 Å². The van der Waals surface area contributed by atoms with E-state index < -0.39 is 10.0 Å². The molecule has 5 nitrogen and oxygen atoms in total. The van der Waals surface area contributed by atoms with Crippen molar-refractivity contribution in [2.45, 2.75) is 104 Å². The van der Waals surface area contributed by atoms with Crippen LogP contribution in [0, 0.1) is 46.3 Å². The smallest absolute Gasteiger partial charge is 0.209 e. The van der Waals surface area contributed by atoms with Gasteiger partial charge in [-0.25, -0.2) is 13.6 Å². The molecule has 4 aliphatic carbocycles. The van der Waals surface area contributed by atoms with Gasteiger partial charge in [0.15, 0.2) is 0 Å². The first-order valence-electron chi connectivity index (χ1n) is 12.8. The third-order valence-corrected chi connectivity index (χ3v) is 12.1. The number of sulfonamides is 1. The molecule has 0 radical (unpaired) electrons. The Morgan fingerprint density at radius 1 is 1.03 bits per heavy atom. The first kappa shape index (κ1) is 24.0. The maximum Gasteiger partial charge on any atom is 0.209 e. The molecule has 4 rings (SSSR count). The Kier molecular flexibility index (Phi) is 6.15. The molecule has 10 atom stereocenters. The Morgan fingerprint density at radius 3 is 2.39 bits per heavy atom. The second-order valence-corrected chi connectivity index (χ2v) is 14.2. The van der Waals surface area contributed by atoms with Gasteiger partial charge < -0.3 is 10.8 Å². The van der Waals surface area contributed by atoms with Gasteiger partial charge in [0.25, 0.3) is 0 Å². The fraction of sp³-hybridized carbons (Fsp3) is 1.00. The molecule has 6 heteroatoms. The fourth-order valence-corrected chi connectivity index (χ4v) is 10.2. The summed E-state index contributed by atoms with van der Waals surface area (Å²) in [5.74, 6) is 3.35. The van der Waals surface area contributed by atoms with E-state index in [0.29, 0.717) is 47.3 Å². The number of aliphatic hydroxyl groups is 1. The molecule has 0 aliphatic heterocycles. The zero-order valence-electron chi connectivity index (χ0n) is 20.1. The average Bonchev–Trinajstić information content (AvgIpc) is 2.97. The van der Waals surface area contributed by atoms with Crippen molar-refractivity contribution < 1.29 is 13.5 Å². The van der Waals surface area contributed by atoms with Crippen molar-refractivity contribution in [3.05, 3.63) is 0 Å². The molecule has 180 valence electrons. The Bertz CT molecular complexity index is 788. The molecule has 0 aromatic carbocycles. The van der Waals surface area contributed by atoms with Gasteiger partial charge in [-0.05, 0) is 104 Å². The van der Waals surface area contributed by atoms with Crippen LogP contribution in [0.2, 0.25) is 0 Å². The van der Waals surface area contributed by atoms with Crippen LogP contribution in [0.1, 0.15) is 91.9 Å². The summed E-state index contributed by atoms with van der Waals surface area (Å²) in [6, 6.07) is 0. The van der Waals surface area contributed by atoms with Crippen molar-refractivity contribution in [2.75, 3.05) is 5.75 Å². The van der Waals surface area contributed by atoms with Crippen LogP contribution in [0.3, 0.4) is 0 Å². The zero-order valence-corrected chi connectivity index (χ0v) is 21.0. The molecular formula is C25H46N2O3S. The van der Waals surface area contributed by atoms with Crippen molar-refractivity contribution in [1.29, 1.82) is 0 Å². The quantitative estimate of drug-likeness (QED) is 0.583. The number of rotatable bonds is 5. The van der Waals surface area contributed by atoms with Crippen LogP contribution in [0.5, 0.6) is 0 Å². The molecule has 0 unspecified atom stereocenters. The van der Waals surface area contributed by atoms with Gasteiger partial charge in [0.05, 0.1) is 11.9 Å². The number of primary sulfonamides is 1. The van der Waals surface area contributed by atoms with Crippen LogP contribution in [0.4, 0.5) is 0 Å². The number of hydrogen-bond donors (Lipinski definition) is 3. The van der Waals surface area contributed by atoms with Gasteiger partial charge in [-0.2, -0.15) is 0 Å². The molecule has 4 saturated carbocycles. The van der Waals surface area contributed by atoms with Gasteiger partial charge in [-0.1, -0.05) is 34.1 Å². The molecule has 4 fully saturated rings. The molecule has 0 amide bonds. The summed E-state index contributed by atoms with van der Waals surface area (Å²) in [5, 5.41) is 15.7. The molecule has 31 heavy (non-hydrogen) atoms. The number of fused-ring (bicyclic) bond motifs is 5. The summed E-state index contributed by atoms with van der Waals surface area (Å²) >= 11 is 0. The van der Waals surface area contributed by atoms with Crippen LogP contribution in [0.25, 0.3) is 0 Å². The van der Waals surface area contributed by atoms with E-state index in [2.05, 4.69) is 27.7 Å². The minimum Gasteiger partial charge on any atom is -0.393 e. The summed E-state index contributed by atoms with van der Waals surface area (Å²) in [7, 11) is -3.42. The summed E-state index contributed by atoms with van der Waals surface area (Å²) in [4.78, 5) is 0. The SMILES string of the molecule is CC[C@H]1C[C@@H]2[C@H](CC[C@]3(C)[C@@H]([C@H](C)CCS(N)(=O)=O)CC[C@@]23N)[C@@]2(C)CC[C@@H](O)C[C@@H]12. The molecule has 5 N–H and O–H groups in total. The topological polar surface area (TPSA) is 106 Å². The van der Waals surface area contributed by atoms with Crippen LogP contribution < -0.4 is 10.9 Å². The Morgan fingerprint density at radius 2 is 1.74 bits per heavy atom. The van der Waals surface area contributed by atoms with Crippen molar-refractivity contribution >= 4 is 10.0 Å². The highest BCUT2D eigenvalue weighted by atomic mass is 32.2. The normalized spacial score (nSPS) is 50.9. The van der Waals surface area contributed by atoms with Crippen molar-refractivity contribution in [3.8, 4) is 0 Å². The van der Waals surface area contributed by atoms with Gasteiger partial charge in [-0.15, -0.1) is 0 Å². The Hall–Kier alpha value is -0.170. The Labute approximate surface area is 190 Å². The van der Waals surface area contributed by atoms with Crippen molar-refractivity contribution in [3.63, 3.8) is 0 Å². The van der Waals surface area contributed by atoms with Crippen molar-refractivity contribution in [2.24, 2.45) is 57.2 Å². The van der Waals surface area contributed by atoms with E-state index in [1.165, 1.54) is 19.3 Å². The zero-order chi connectivity index (χ0) is 22.8. The third-order valence-electron chi connectivity index (χ3n) is 11.3. The van der Waals surface area contributed by atoms with Crippen LogP contribution in [0.15, 0.2) is 0 Å². The second-order valence-electron chi connectivity index (χ2n) is 12.4. The van der Waals surface area contributed by atoms with Crippen LogP contribution in [-0.4, -0.2) is 30.9 Å². The first-order valence-corrected chi connectivity index (χ1v) is 14.5. The highest BCUT2D eigenvalue weighted by molar-refractivity contribution is 7.89. The summed E-state index contributed by atoms with van der Waals surface area (Å²) in [6.45, 7) is 9.49. The molecule has 0 spiro atoms. The lowest BCUT2D eigenvalue weighted by Crippen LogP contribution is -2.67. The van der Waals surface area contributed by atoms with Crippen LogP contribution >= 0.6 is 0 Å². The average molecular weight is 455 g/mol. The van der Waals surface area contributed by atoms with E-state index in [1.807, 2.05) is 0 Å². The second kappa shape index (κ2) is 7.95. The highest BCUT2D eigenvalue weighted by Crippen LogP contribution is 2.70. The van der Waals surface area contributed by atoms with Gasteiger partial charge in [0.2, 0.25) is 10.0 Å². The predicted octanol–water partition coefficient (Wildman–Crippen LogP) is 4.04. The molecular weight excluding hydrogens is 408 g/mol. The number of hydrogen-bond acceptors (Lipinski definition) is 4. The molecule has 0 heterocycles. The highest BCUT2D eigenvalue weighted by Gasteiger charge is 2.67. The number of nitrogens with two attached hydrogens (primary N) is 2. The molecule has 4 aliphatic rings. The summed E-state index contributed by atoms with van der Waals surface area (Å²) in [6.07, 6.45) is 10.5. The largest absolute Gasteiger partial charge is 0.393 e. The van der Waals surface area contributed by atoms with Gasteiger partial charge >= 0.3 is 0 Å². The maximum absolute atomic E-state index is 11.6. The molecule has 0 bridgehead atoms. The van der Waals surface area contributed by atoms with E-state index in [9.17, 15) is 13.5 Å². The summed E-state index contributed by atoms with van der Waals surface area (Å²) in [5.41, 5.74) is 7.71. The van der Waals surface area contributed by atoms with E-state index in [0.717, 1.165) is 38.5 Å². The minimum absolute atomic E-state index is 0.0710. The maximum atomic E-state index is 11.6. The lowest BCUT2D eigenvalue weighted by Gasteiger charge is -2.66. The van der Waals surface area contributed by atoms with Crippen LogP contribution in [-0.2, 0) is 10.0 Å². The fourth-order valence-electron chi connectivity index (χ4n) is 9.49. The van der Waals surface area contributed by atoms with E-state index in [4.69, 9.17) is 10.9 Å². The summed E-state index contributed by atoms with van der Waals surface area (Å²) < 4.78 is 23.1. The minimum atomic E-state index is -3.42. The number of aliphatic hydroxyl groups excluding tert-OH is 1. The first-order chi connectivity index (χ1) is 14.4. The lowest BCUT2D eigenvalue weighted by atomic mass is 9.40.